The van der Waals surface area contributed by atoms with Crippen LogP contribution in [0.3, 0.4) is 0 Å². The molecule has 4 saturated carbocycles. The lowest BCUT2D eigenvalue weighted by molar-refractivity contribution is -0.378. The molecule has 8 fully saturated rings. The summed E-state index contributed by atoms with van der Waals surface area (Å²) in [5.74, 6) is -0.988. The highest BCUT2D eigenvalue weighted by Crippen LogP contribution is 2.76. The predicted molar refractivity (Wildman–Crippen MR) is 308 cm³/mol. The molecule has 0 aromatic rings. The molecule has 0 radical (unpaired) electrons. The zero-order chi connectivity index (χ0) is 63.9. The second kappa shape index (κ2) is 28.7. The number of hydrogen-bond donors (Lipinski definition) is 14. The number of ether oxygens (including phenoxy) is 9. The summed E-state index contributed by atoms with van der Waals surface area (Å²) in [5.41, 5.74) is -1.32. The molecule has 0 bridgehead atoms. The van der Waals surface area contributed by atoms with Crippen LogP contribution in [0.1, 0.15) is 146 Å². The number of aliphatic hydroxyl groups is 14. The van der Waals surface area contributed by atoms with E-state index in [2.05, 4.69) is 47.6 Å². The van der Waals surface area contributed by atoms with Gasteiger partial charge in [0.05, 0.1) is 44.2 Å². The van der Waals surface area contributed by atoms with Crippen molar-refractivity contribution in [3.8, 4) is 0 Å². The predicted octanol–water partition coefficient (Wildman–Crippen LogP) is 0.527. The average Bonchev–Trinajstić information content (AvgIpc) is 1.80. The molecule has 8 aliphatic rings. The van der Waals surface area contributed by atoms with E-state index in [0.717, 1.165) is 50.5 Å². The Labute approximate surface area is 511 Å². The third-order valence-corrected chi connectivity index (χ3v) is 22.7. The van der Waals surface area contributed by atoms with Crippen LogP contribution < -0.4 is 0 Å². The zero-order valence-electron chi connectivity index (χ0n) is 52.3. The van der Waals surface area contributed by atoms with Crippen molar-refractivity contribution in [2.24, 2.45) is 45.3 Å². The Morgan fingerprint density at radius 2 is 1.15 bits per heavy atom. The maximum Gasteiger partial charge on any atom is 0.330 e. The third-order valence-electron chi connectivity index (χ3n) is 22.7. The van der Waals surface area contributed by atoms with Crippen LogP contribution in [0.25, 0.3) is 0 Å². The fourth-order valence-corrected chi connectivity index (χ4v) is 17.3. The summed E-state index contributed by atoms with van der Waals surface area (Å²) < 4.78 is 54.9. The van der Waals surface area contributed by atoms with E-state index in [0.29, 0.717) is 38.5 Å². The lowest BCUT2D eigenvalue weighted by atomic mass is 9.35. The van der Waals surface area contributed by atoms with Gasteiger partial charge in [-0.05, 0) is 137 Å². The number of carbonyl (C=O) groups excluding carboxylic acids is 1. The molecule has 30 unspecified atom stereocenters. The highest BCUT2D eigenvalue weighted by molar-refractivity contribution is 5.81. The summed E-state index contributed by atoms with van der Waals surface area (Å²) in [4.78, 5) is 12.5. The molecular formula is C63H106O24. The van der Waals surface area contributed by atoms with E-state index in [1.807, 2.05) is 20.8 Å². The SMILES string of the molecule is CCCCCC=CC(=O)OCC1OC(OC2C(OC3CCC4(C)C(CCC5(C)C4CC(O)C4C(C(C)(CCC=C(C)C)OCC6OC(COC7OC(CO)C(O)C(O)C7O)C(O)C(O)C6O)CCC45C)C3(C)C)OC(CO)C(O)C2O)C(O)C(O)C1O. The Hall–Kier alpha value is -1.93. The van der Waals surface area contributed by atoms with Crippen molar-refractivity contribution in [2.45, 2.75) is 286 Å². The van der Waals surface area contributed by atoms with E-state index in [1.165, 1.54) is 6.08 Å². The number of allylic oxidation sites excluding steroid dienone is 3. The van der Waals surface area contributed by atoms with Crippen molar-refractivity contribution in [1.82, 2.24) is 0 Å². The molecule has 87 heavy (non-hydrogen) atoms. The first kappa shape index (κ1) is 70.9. The minimum absolute atomic E-state index is 0.0353. The van der Waals surface area contributed by atoms with Crippen molar-refractivity contribution in [3.63, 3.8) is 0 Å². The number of fused-ring (bicyclic) bond motifs is 5. The van der Waals surface area contributed by atoms with Gasteiger partial charge in [-0.15, -0.1) is 0 Å². The van der Waals surface area contributed by atoms with Crippen LogP contribution >= 0.6 is 0 Å². The standard InChI is InChI=1S/C63H106O24/c1-10-11-12-13-14-17-42(67)79-28-37-47(71)51(75)54(78)57(85-37)87-55-52(76)45(69)35(27-65)84-58(55)86-41-20-22-60(6)39(59(41,4)5)19-24-61(7)40(60)25-33(66)43-32(18-23-62(43,61)8)63(9,21-15-16-31(2)3)81-30-38-48(72)49(73)46(70)36(82-38)29-80-56-53(77)50(74)44(68)34(26-64)83-56/h14,16-17,32-41,43-58,64-66,68-78H,10-13,15,18-30H2,1-9H3. The van der Waals surface area contributed by atoms with Crippen LogP contribution in [0.2, 0.25) is 0 Å². The van der Waals surface area contributed by atoms with Crippen LogP contribution in [0.5, 0.6) is 0 Å². The van der Waals surface area contributed by atoms with E-state index < -0.39 is 178 Å². The van der Waals surface area contributed by atoms with Gasteiger partial charge >= 0.3 is 5.97 Å². The normalized spacial score (nSPS) is 48.0. The molecule has 0 amide bonds. The summed E-state index contributed by atoms with van der Waals surface area (Å²) >= 11 is 0. The Morgan fingerprint density at radius 1 is 0.586 bits per heavy atom. The highest BCUT2D eigenvalue weighted by atomic mass is 16.8. The third kappa shape index (κ3) is 14.0. The number of carbonyl (C=O) groups is 1. The van der Waals surface area contributed by atoms with Crippen LogP contribution in [-0.2, 0) is 47.4 Å². The largest absolute Gasteiger partial charge is 0.460 e. The van der Waals surface area contributed by atoms with Crippen molar-refractivity contribution < 1.29 is 119 Å². The molecule has 24 heteroatoms. The van der Waals surface area contributed by atoms with Crippen molar-refractivity contribution in [3.05, 3.63) is 23.8 Å². The molecule has 4 aliphatic carbocycles. The van der Waals surface area contributed by atoms with E-state index in [1.54, 1.807) is 6.08 Å². The molecule has 4 heterocycles. The topological polar surface area (TPSA) is 383 Å². The fourth-order valence-electron chi connectivity index (χ4n) is 17.3. The lowest BCUT2D eigenvalue weighted by Gasteiger charge is -2.71. The number of aliphatic hydroxyl groups excluding tert-OH is 14. The molecule has 4 saturated heterocycles. The maximum absolute atomic E-state index is 12.9. The summed E-state index contributed by atoms with van der Waals surface area (Å²) in [6.45, 7) is 16.9. The Bertz CT molecular complexity index is 2290. The van der Waals surface area contributed by atoms with Gasteiger partial charge in [-0.3, -0.25) is 0 Å². The van der Waals surface area contributed by atoms with Crippen LogP contribution in [-0.4, -0.2) is 251 Å². The molecule has 0 spiro atoms. The Balaban J connectivity index is 0.965. The van der Waals surface area contributed by atoms with Gasteiger partial charge in [0, 0.05) is 6.08 Å². The molecule has 14 N–H and O–H groups in total. The molecule has 0 aromatic heterocycles. The van der Waals surface area contributed by atoms with Gasteiger partial charge in [0.2, 0.25) is 0 Å². The van der Waals surface area contributed by atoms with E-state index in [-0.39, 0.29) is 46.5 Å². The number of hydrogen-bond acceptors (Lipinski definition) is 24. The summed E-state index contributed by atoms with van der Waals surface area (Å²) in [6.07, 6.45) is -17.9. The summed E-state index contributed by atoms with van der Waals surface area (Å²) in [6, 6.07) is 0. The summed E-state index contributed by atoms with van der Waals surface area (Å²) in [7, 11) is 0. The number of rotatable bonds is 23. The Morgan fingerprint density at radius 3 is 1.78 bits per heavy atom. The first-order valence-electron chi connectivity index (χ1n) is 32.0. The van der Waals surface area contributed by atoms with Crippen LogP contribution in [0, 0.1) is 45.3 Å². The lowest BCUT2D eigenvalue weighted by Crippen LogP contribution is -2.68. The van der Waals surface area contributed by atoms with E-state index >= 15 is 0 Å². The number of esters is 1. The fraction of sp³-hybridized carbons (Fsp3) is 0.921. The van der Waals surface area contributed by atoms with Gasteiger partial charge in [-0.2, -0.15) is 0 Å². The first-order chi connectivity index (χ1) is 40.9. The smallest absolute Gasteiger partial charge is 0.330 e. The molecule has 4 aliphatic heterocycles. The highest BCUT2D eigenvalue weighted by Gasteiger charge is 2.72. The van der Waals surface area contributed by atoms with Crippen molar-refractivity contribution in [2.75, 3.05) is 33.0 Å². The molecule has 8 rings (SSSR count). The molecule has 24 nitrogen and oxygen atoms in total. The molecule has 30 atom stereocenters. The van der Waals surface area contributed by atoms with Gasteiger partial charge in [-0.1, -0.05) is 72.1 Å². The Kier molecular flexibility index (Phi) is 23.4. The van der Waals surface area contributed by atoms with Crippen LogP contribution in [0.4, 0.5) is 0 Å². The maximum atomic E-state index is 12.9. The van der Waals surface area contributed by atoms with Gasteiger partial charge < -0.3 is 114 Å². The van der Waals surface area contributed by atoms with Crippen molar-refractivity contribution >= 4 is 5.97 Å². The minimum atomic E-state index is -1.86. The van der Waals surface area contributed by atoms with Crippen molar-refractivity contribution in [1.29, 1.82) is 0 Å². The average molecular weight is 1250 g/mol. The quantitative estimate of drug-likeness (QED) is 0.0218. The van der Waals surface area contributed by atoms with Gasteiger partial charge in [0.15, 0.2) is 18.9 Å². The van der Waals surface area contributed by atoms with Gasteiger partial charge in [0.1, 0.15) is 110 Å². The van der Waals surface area contributed by atoms with Gasteiger partial charge in [-0.25, -0.2) is 4.79 Å². The molecule has 0 aromatic carbocycles. The minimum Gasteiger partial charge on any atom is -0.460 e. The first-order valence-corrected chi connectivity index (χ1v) is 32.0. The molecular weight excluding hydrogens is 1140 g/mol. The van der Waals surface area contributed by atoms with E-state index in [9.17, 15) is 76.3 Å². The van der Waals surface area contributed by atoms with E-state index in [4.69, 9.17) is 42.6 Å². The monoisotopic (exact) mass is 1250 g/mol. The second-order valence-corrected chi connectivity index (χ2v) is 28.5. The van der Waals surface area contributed by atoms with Gasteiger partial charge in [0.25, 0.3) is 0 Å². The second-order valence-electron chi connectivity index (χ2n) is 28.5. The number of unbranched alkanes of at least 4 members (excludes halogenated alkanes) is 3. The van der Waals surface area contributed by atoms with Crippen LogP contribution in [0.15, 0.2) is 23.8 Å². The zero-order valence-corrected chi connectivity index (χ0v) is 52.3. The molecule has 502 valence electrons. The summed E-state index contributed by atoms with van der Waals surface area (Å²) in [5, 5.41) is 154.